The normalized spacial score (nSPS) is 25.2. The van der Waals surface area contributed by atoms with Gasteiger partial charge in [0, 0.05) is 25.2 Å². The first kappa shape index (κ1) is 20.5. The third-order valence-corrected chi connectivity index (χ3v) is 6.39. The fraction of sp³-hybridized carbons (Fsp3) is 0.545. The van der Waals surface area contributed by atoms with E-state index >= 15 is 0 Å². The minimum Gasteiger partial charge on any atom is -0.550 e. The molecule has 2 aromatic heterocycles. The van der Waals surface area contributed by atoms with Gasteiger partial charge in [-0.05, 0) is 43.9 Å². The number of carbonyl (C=O) groups excluding carboxylic acids is 2. The van der Waals surface area contributed by atoms with Crippen LogP contribution >= 0.6 is 0 Å². The van der Waals surface area contributed by atoms with Gasteiger partial charge in [-0.2, -0.15) is 0 Å². The van der Waals surface area contributed by atoms with Crippen molar-refractivity contribution in [3.8, 4) is 11.5 Å². The number of nitrogens with one attached hydrogen (secondary N) is 2. The lowest BCUT2D eigenvalue weighted by Gasteiger charge is -2.46. The maximum atomic E-state index is 12.0. The van der Waals surface area contributed by atoms with Crippen molar-refractivity contribution in [3.63, 3.8) is 0 Å². The molecule has 3 fully saturated rings. The molecule has 1 unspecified atom stereocenters. The molecular weight excluding hydrogens is 384 g/mol. The lowest BCUT2D eigenvalue weighted by molar-refractivity contribution is -0.942. The summed E-state index contributed by atoms with van der Waals surface area (Å²) < 4.78 is 5.52. The number of quaternary nitrogens is 1. The number of hydrogen-bond donors (Lipinski definition) is 2. The molecule has 5 rings (SSSR count). The second kappa shape index (κ2) is 8.95. The first-order valence-electron chi connectivity index (χ1n) is 10.7. The summed E-state index contributed by atoms with van der Waals surface area (Å²) in [5, 5.41) is 13.5. The van der Waals surface area contributed by atoms with Crippen molar-refractivity contribution >= 4 is 11.9 Å². The fourth-order valence-corrected chi connectivity index (χ4v) is 4.93. The molecule has 3 aliphatic rings. The number of nitrogens with zero attached hydrogens (tertiary/aromatic N) is 2. The Kier molecular flexibility index (Phi) is 6.13. The molecular formula is C22H28N4O4. The van der Waals surface area contributed by atoms with E-state index < -0.39 is 5.97 Å². The molecule has 0 aromatic carbocycles. The summed E-state index contributed by atoms with van der Waals surface area (Å²) in [4.78, 5) is 33.2. The van der Waals surface area contributed by atoms with Gasteiger partial charge in [-0.1, -0.05) is 0 Å². The SMILES string of the molecule is Cc1nc(-c2ccco2)cc([C@H]2C[NH+]3CC[C@H]2C[C@@H]3CNC(=O)CCCC(=O)[O-])n1. The zero-order valence-corrected chi connectivity index (χ0v) is 17.2. The Balaban J connectivity index is 1.37. The lowest BCUT2D eigenvalue weighted by atomic mass is 9.74. The van der Waals surface area contributed by atoms with Crippen LogP contribution in [0.15, 0.2) is 28.9 Å². The Labute approximate surface area is 175 Å². The van der Waals surface area contributed by atoms with E-state index in [1.165, 1.54) is 4.90 Å². The summed E-state index contributed by atoms with van der Waals surface area (Å²) >= 11 is 0. The van der Waals surface area contributed by atoms with Crippen LogP contribution in [0.3, 0.4) is 0 Å². The monoisotopic (exact) mass is 412 g/mol. The van der Waals surface area contributed by atoms with Crippen molar-refractivity contribution in [3.05, 3.63) is 36.0 Å². The van der Waals surface area contributed by atoms with Crippen LogP contribution in [-0.2, 0) is 9.59 Å². The summed E-state index contributed by atoms with van der Waals surface area (Å²) in [6.45, 7) is 4.68. The smallest absolute Gasteiger partial charge is 0.220 e. The third-order valence-electron chi connectivity index (χ3n) is 6.39. The summed E-state index contributed by atoms with van der Waals surface area (Å²) in [5.74, 6) is 1.26. The molecule has 8 heteroatoms. The Bertz CT molecular complexity index is 899. The summed E-state index contributed by atoms with van der Waals surface area (Å²) in [5.41, 5.74) is 1.91. The van der Waals surface area contributed by atoms with E-state index in [1.807, 2.05) is 19.1 Å². The highest BCUT2D eigenvalue weighted by Gasteiger charge is 2.44. The number of hydrogen-bond acceptors (Lipinski definition) is 6. The van der Waals surface area contributed by atoms with E-state index in [0.29, 0.717) is 30.8 Å². The van der Waals surface area contributed by atoms with E-state index in [4.69, 9.17) is 9.40 Å². The number of carboxylic acids is 1. The van der Waals surface area contributed by atoms with Crippen LogP contribution in [0.4, 0.5) is 0 Å². The molecule has 160 valence electrons. The molecule has 4 atom stereocenters. The van der Waals surface area contributed by atoms with Gasteiger partial charge in [-0.15, -0.1) is 0 Å². The van der Waals surface area contributed by atoms with Gasteiger partial charge in [0.15, 0.2) is 5.76 Å². The van der Waals surface area contributed by atoms with Gasteiger partial charge in [0.25, 0.3) is 0 Å². The van der Waals surface area contributed by atoms with Crippen molar-refractivity contribution in [2.75, 3.05) is 19.6 Å². The van der Waals surface area contributed by atoms with Crippen LogP contribution in [0.5, 0.6) is 0 Å². The van der Waals surface area contributed by atoms with Gasteiger partial charge in [0.2, 0.25) is 5.91 Å². The molecule has 2 bridgehead atoms. The number of carboxylic acid groups (broad SMARTS) is 1. The van der Waals surface area contributed by atoms with Gasteiger partial charge in [-0.3, -0.25) is 4.79 Å². The standard InChI is InChI=1S/C22H28N4O4/c1-14-24-18(11-19(25-14)20-4-3-9-30-20)17-13-26-8-7-15(17)10-16(26)12-23-21(27)5-2-6-22(28)29/h3-4,9,11,15-17H,2,5-8,10,12-13H2,1H3,(H,23,27)(H,28,29)/t15-,16+,17-/m0/s1. The molecule has 1 amide bonds. The van der Waals surface area contributed by atoms with E-state index in [2.05, 4.69) is 16.4 Å². The highest BCUT2D eigenvalue weighted by atomic mass is 16.4. The molecule has 3 saturated heterocycles. The topological polar surface area (TPSA) is 113 Å². The van der Waals surface area contributed by atoms with Crippen LogP contribution in [0.2, 0.25) is 0 Å². The first-order valence-corrected chi connectivity index (χ1v) is 10.7. The molecule has 5 heterocycles. The molecule has 8 nitrogen and oxygen atoms in total. The molecule has 0 spiro atoms. The van der Waals surface area contributed by atoms with Gasteiger partial charge in [0.1, 0.15) is 17.6 Å². The van der Waals surface area contributed by atoms with E-state index in [0.717, 1.165) is 48.9 Å². The quantitative estimate of drug-likeness (QED) is 0.623. The minimum absolute atomic E-state index is 0.0731. The zero-order valence-electron chi connectivity index (χ0n) is 17.2. The van der Waals surface area contributed by atoms with Crippen LogP contribution in [0.25, 0.3) is 11.5 Å². The summed E-state index contributed by atoms with van der Waals surface area (Å²) in [6, 6.07) is 6.24. The number of carbonyl (C=O) groups is 2. The largest absolute Gasteiger partial charge is 0.550 e. The van der Waals surface area contributed by atoms with Crippen molar-refractivity contribution in [2.24, 2.45) is 5.92 Å². The molecule has 2 aromatic rings. The van der Waals surface area contributed by atoms with E-state index in [9.17, 15) is 14.7 Å². The van der Waals surface area contributed by atoms with Crippen LogP contribution < -0.4 is 15.3 Å². The van der Waals surface area contributed by atoms with Crippen molar-refractivity contribution in [2.45, 2.75) is 51.0 Å². The maximum absolute atomic E-state index is 12.0. The van der Waals surface area contributed by atoms with Crippen LogP contribution in [0, 0.1) is 12.8 Å². The average Bonchev–Trinajstić information content (AvgIpc) is 3.27. The lowest BCUT2D eigenvalue weighted by Crippen LogP contribution is -3.20. The Morgan fingerprint density at radius 1 is 1.33 bits per heavy atom. The number of aryl methyl sites for hydroxylation is 1. The third kappa shape index (κ3) is 4.70. The van der Waals surface area contributed by atoms with Gasteiger partial charge in [0.05, 0.1) is 37.5 Å². The molecule has 0 saturated carbocycles. The van der Waals surface area contributed by atoms with Gasteiger partial charge < -0.3 is 24.5 Å². The molecule has 30 heavy (non-hydrogen) atoms. The maximum Gasteiger partial charge on any atom is 0.220 e. The van der Waals surface area contributed by atoms with Crippen LogP contribution in [-0.4, -0.2) is 47.5 Å². The molecule has 0 aliphatic carbocycles. The Hall–Kier alpha value is -2.74. The van der Waals surface area contributed by atoms with Crippen molar-refractivity contribution in [1.82, 2.24) is 15.3 Å². The number of rotatable bonds is 8. The van der Waals surface area contributed by atoms with Gasteiger partial charge in [-0.25, -0.2) is 9.97 Å². The number of fused-ring (bicyclic) bond motifs is 3. The predicted octanol–water partition coefficient (Wildman–Crippen LogP) is -0.158. The minimum atomic E-state index is -1.11. The summed E-state index contributed by atoms with van der Waals surface area (Å²) in [6.07, 6.45) is 4.36. The van der Waals surface area contributed by atoms with Crippen molar-refractivity contribution in [1.29, 1.82) is 0 Å². The number of furan rings is 1. The zero-order chi connectivity index (χ0) is 21.1. The fourth-order valence-electron chi connectivity index (χ4n) is 4.93. The highest BCUT2D eigenvalue weighted by molar-refractivity contribution is 5.76. The average molecular weight is 412 g/mol. The number of piperidine rings is 3. The van der Waals surface area contributed by atoms with E-state index in [-0.39, 0.29) is 18.7 Å². The molecule has 0 radical (unpaired) electrons. The van der Waals surface area contributed by atoms with Crippen molar-refractivity contribution < 1.29 is 24.0 Å². The van der Waals surface area contributed by atoms with Gasteiger partial charge >= 0.3 is 0 Å². The summed E-state index contributed by atoms with van der Waals surface area (Å²) in [7, 11) is 0. The Morgan fingerprint density at radius 2 is 2.20 bits per heavy atom. The second-order valence-electron chi connectivity index (χ2n) is 8.43. The van der Waals surface area contributed by atoms with Crippen LogP contribution in [0.1, 0.15) is 49.5 Å². The predicted molar refractivity (Wildman–Crippen MR) is 106 cm³/mol. The number of aliphatic carboxylic acids is 1. The number of aromatic nitrogens is 2. The molecule has 2 N–H and O–H groups in total. The van der Waals surface area contributed by atoms with E-state index in [1.54, 1.807) is 6.26 Å². The second-order valence-corrected chi connectivity index (χ2v) is 8.43. The highest BCUT2D eigenvalue weighted by Crippen LogP contribution is 2.34. The molecule has 3 aliphatic heterocycles. The number of amides is 1. The Morgan fingerprint density at radius 3 is 2.90 bits per heavy atom. The first-order chi connectivity index (χ1) is 14.5.